The number of halogens is 2. The number of anilines is 1. The van der Waals surface area contributed by atoms with E-state index in [0.717, 1.165) is 0 Å². The van der Waals surface area contributed by atoms with Crippen LogP contribution in [0.1, 0.15) is 20.3 Å². The van der Waals surface area contributed by atoms with Gasteiger partial charge in [0.1, 0.15) is 17.0 Å². The summed E-state index contributed by atoms with van der Waals surface area (Å²) in [4.78, 5) is 12.6. The first-order valence-electron chi connectivity index (χ1n) is 8.49. The summed E-state index contributed by atoms with van der Waals surface area (Å²) >= 11 is 12.9. The Kier molecular flexibility index (Phi) is 7.48. The number of nitrogens with zero attached hydrogens (tertiary/aromatic N) is 3. The number of nitrogens with two attached hydrogens (primary N) is 1. The average molecular weight is 425 g/mol. The van der Waals surface area contributed by atoms with Gasteiger partial charge in [0.25, 0.3) is 0 Å². The van der Waals surface area contributed by atoms with Gasteiger partial charge in [-0.2, -0.15) is 0 Å². The number of nitrogen functional groups attached to an aromatic ring is 1. The highest BCUT2D eigenvalue weighted by Gasteiger charge is 2.21. The molecule has 0 saturated carbocycles. The zero-order chi connectivity index (χ0) is 20.8. The Morgan fingerprint density at radius 2 is 1.50 bits per heavy atom. The summed E-state index contributed by atoms with van der Waals surface area (Å²) in [5.74, 6) is 1.22. The minimum Gasteiger partial charge on any atom is -0.495 e. The van der Waals surface area contributed by atoms with Crippen molar-refractivity contribution in [3.63, 3.8) is 0 Å². The molecule has 0 radical (unpaired) electrons. The quantitative estimate of drug-likeness (QED) is 0.627. The first-order valence-corrected chi connectivity index (χ1v) is 9.24. The molecule has 9 heteroatoms. The molecule has 0 spiro atoms. The monoisotopic (exact) mass is 424 g/mol. The van der Waals surface area contributed by atoms with Gasteiger partial charge < -0.3 is 19.9 Å². The van der Waals surface area contributed by atoms with Crippen LogP contribution in [0.2, 0.25) is 10.0 Å². The topological polar surface area (TPSA) is 92.4 Å². The fourth-order valence-electron chi connectivity index (χ4n) is 2.40. The summed E-state index contributed by atoms with van der Waals surface area (Å²) < 4.78 is 15.9. The number of pyridine rings is 1. The summed E-state index contributed by atoms with van der Waals surface area (Å²) in [6, 6.07) is 3.35. The van der Waals surface area contributed by atoms with E-state index in [0.29, 0.717) is 43.7 Å². The lowest BCUT2D eigenvalue weighted by Crippen LogP contribution is -2.00. The summed E-state index contributed by atoms with van der Waals surface area (Å²) in [6.07, 6.45) is 2.82. The van der Waals surface area contributed by atoms with Crippen LogP contribution >= 0.6 is 23.2 Å². The molecular formula is C19H22Cl2N4O3. The first-order chi connectivity index (χ1) is 13.4. The molecule has 150 valence electrons. The first kappa shape index (κ1) is 21.8. The molecule has 0 aliphatic rings. The Morgan fingerprint density at radius 1 is 0.929 bits per heavy atom. The van der Waals surface area contributed by atoms with Crippen molar-refractivity contribution in [3.8, 4) is 28.6 Å². The highest BCUT2D eigenvalue weighted by molar-refractivity contribution is 6.41. The van der Waals surface area contributed by atoms with E-state index in [9.17, 15) is 0 Å². The van der Waals surface area contributed by atoms with Gasteiger partial charge in [0, 0.05) is 23.2 Å². The fourth-order valence-corrected chi connectivity index (χ4v) is 3.10. The van der Waals surface area contributed by atoms with Crippen LogP contribution in [0.25, 0.3) is 22.2 Å². The van der Waals surface area contributed by atoms with Gasteiger partial charge in [-0.15, -0.1) is 0 Å². The van der Waals surface area contributed by atoms with Crippen LogP contribution in [-0.2, 0) is 0 Å². The Morgan fingerprint density at radius 3 is 2.00 bits per heavy atom. The second kappa shape index (κ2) is 9.61. The maximum Gasteiger partial charge on any atom is 0.241 e. The fraction of sp³-hybridized carbons (Fsp3) is 0.316. The number of rotatable bonds is 4. The van der Waals surface area contributed by atoms with Crippen molar-refractivity contribution in [1.29, 1.82) is 0 Å². The van der Waals surface area contributed by atoms with Crippen LogP contribution in [0.3, 0.4) is 0 Å². The van der Waals surface area contributed by atoms with Gasteiger partial charge in [0.05, 0.1) is 37.1 Å². The number of methoxy groups -OCH3 is 3. The van der Waals surface area contributed by atoms with Crippen molar-refractivity contribution in [2.75, 3.05) is 27.1 Å². The van der Waals surface area contributed by atoms with E-state index < -0.39 is 0 Å². The molecule has 0 aliphatic heterocycles. The average Bonchev–Trinajstić information content (AvgIpc) is 2.68. The standard InChI is InChI=1S/C16H14Cl2N4O3.C3H8/c1-23-9-5-10(24-2)13(18)11(12(9)17)8-4-7-6-20-16(19)22-14(7)15(21-8)25-3;1-3-2/h4-6H,1-3H3,(H2,19,20,22);3H2,1-2H3. The second-order valence-corrected chi connectivity index (χ2v) is 6.43. The lowest BCUT2D eigenvalue weighted by atomic mass is 10.1. The normalized spacial score (nSPS) is 10.2. The molecule has 1 aromatic carbocycles. The third-order valence-corrected chi connectivity index (χ3v) is 4.33. The molecule has 3 aromatic rings. The zero-order valence-corrected chi connectivity index (χ0v) is 17.9. The van der Waals surface area contributed by atoms with Gasteiger partial charge in [0.15, 0.2) is 0 Å². The van der Waals surface area contributed by atoms with E-state index in [1.54, 1.807) is 18.3 Å². The van der Waals surface area contributed by atoms with Crippen LogP contribution < -0.4 is 19.9 Å². The molecule has 2 heterocycles. The van der Waals surface area contributed by atoms with E-state index in [4.69, 9.17) is 43.1 Å². The molecule has 2 aromatic heterocycles. The highest BCUT2D eigenvalue weighted by Crippen LogP contribution is 2.46. The molecule has 0 saturated heterocycles. The van der Waals surface area contributed by atoms with E-state index in [2.05, 4.69) is 28.8 Å². The summed E-state index contributed by atoms with van der Waals surface area (Å²) in [5.41, 5.74) is 7.04. The largest absolute Gasteiger partial charge is 0.495 e. The number of fused-ring (bicyclic) bond motifs is 1. The van der Waals surface area contributed by atoms with E-state index in [-0.39, 0.29) is 11.8 Å². The van der Waals surface area contributed by atoms with Gasteiger partial charge in [-0.3, -0.25) is 0 Å². The molecular weight excluding hydrogens is 403 g/mol. The number of aromatic nitrogens is 3. The van der Waals surface area contributed by atoms with Crippen LogP contribution in [0.4, 0.5) is 5.95 Å². The molecule has 7 nitrogen and oxygen atoms in total. The maximum atomic E-state index is 6.45. The Balaban J connectivity index is 0.000000878. The van der Waals surface area contributed by atoms with Gasteiger partial charge >= 0.3 is 0 Å². The van der Waals surface area contributed by atoms with Gasteiger partial charge in [0.2, 0.25) is 11.8 Å². The molecule has 3 rings (SSSR count). The summed E-state index contributed by atoms with van der Waals surface area (Å²) in [6.45, 7) is 4.25. The third kappa shape index (κ3) is 4.31. The van der Waals surface area contributed by atoms with Crippen molar-refractivity contribution in [1.82, 2.24) is 15.0 Å². The molecule has 0 bridgehead atoms. The minimum absolute atomic E-state index is 0.125. The Bertz CT molecular complexity index is 955. The van der Waals surface area contributed by atoms with Crippen LogP contribution in [0.15, 0.2) is 18.3 Å². The highest BCUT2D eigenvalue weighted by atomic mass is 35.5. The molecule has 0 unspecified atom stereocenters. The van der Waals surface area contributed by atoms with Gasteiger partial charge in [-0.25, -0.2) is 15.0 Å². The summed E-state index contributed by atoms with van der Waals surface area (Å²) in [5, 5.41) is 1.28. The van der Waals surface area contributed by atoms with E-state index in [1.807, 2.05) is 0 Å². The third-order valence-electron chi connectivity index (χ3n) is 3.58. The molecule has 28 heavy (non-hydrogen) atoms. The van der Waals surface area contributed by atoms with Crippen molar-refractivity contribution < 1.29 is 14.2 Å². The predicted molar refractivity (Wildman–Crippen MR) is 113 cm³/mol. The van der Waals surface area contributed by atoms with Crippen molar-refractivity contribution >= 4 is 40.1 Å². The molecule has 0 atom stereocenters. The lowest BCUT2D eigenvalue weighted by molar-refractivity contribution is 0.394. The molecule has 0 amide bonds. The summed E-state index contributed by atoms with van der Waals surface area (Å²) in [7, 11) is 4.49. The zero-order valence-electron chi connectivity index (χ0n) is 16.3. The SMILES string of the molecule is CCC.COc1cc(OC)c(Cl)c(-c2cc3cnc(N)nc3c(OC)n2)c1Cl. The van der Waals surface area contributed by atoms with Crippen LogP contribution in [0, 0.1) is 0 Å². The molecule has 2 N–H and O–H groups in total. The predicted octanol–water partition coefficient (Wildman–Crippen LogP) is 5.02. The molecule has 0 aliphatic carbocycles. The van der Waals surface area contributed by atoms with Crippen LogP contribution in [-0.4, -0.2) is 36.3 Å². The number of hydrogen-bond donors (Lipinski definition) is 1. The van der Waals surface area contributed by atoms with Gasteiger partial charge in [-0.1, -0.05) is 43.5 Å². The smallest absolute Gasteiger partial charge is 0.241 e. The second-order valence-electron chi connectivity index (χ2n) is 5.67. The number of hydrogen-bond acceptors (Lipinski definition) is 7. The van der Waals surface area contributed by atoms with Crippen molar-refractivity contribution in [2.24, 2.45) is 0 Å². The maximum absolute atomic E-state index is 6.45. The van der Waals surface area contributed by atoms with E-state index in [1.165, 1.54) is 27.8 Å². The Labute approximate surface area is 173 Å². The Hall–Kier alpha value is -2.51. The minimum atomic E-state index is 0.125. The van der Waals surface area contributed by atoms with E-state index >= 15 is 0 Å². The lowest BCUT2D eigenvalue weighted by Gasteiger charge is -2.15. The number of ether oxygens (including phenoxy) is 3. The van der Waals surface area contributed by atoms with Crippen molar-refractivity contribution in [2.45, 2.75) is 20.3 Å². The number of benzene rings is 1. The van der Waals surface area contributed by atoms with Gasteiger partial charge in [-0.05, 0) is 6.07 Å². The molecule has 0 fully saturated rings. The van der Waals surface area contributed by atoms with Crippen LogP contribution in [0.5, 0.6) is 17.4 Å². The van der Waals surface area contributed by atoms with Crippen molar-refractivity contribution in [3.05, 3.63) is 28.4 Å².